The van der Waals surface area contributed by atoms with Crippen molar-refractivity contribution < 1.29 is 41.0 Å². The second-order valence-corrected chi connectivity index (χ2v) is 7.71. The molecule has 2 saturated heterocycles. The summed E-state index contributed by atoms with van der Waals surface area (Å²) in [6.45, 7) is -0.246. The second kappa shape index (κ2) is 9.24. The average Bonchev–Trinajstić information content (AvgIpc) is 3.23. The fraction of sp³-hybridized carbons (Fsp3) is 0.364. The molecule has 11 heteroatoms. The minimum Gasteiger partial charge on any atom is -0.477 e. The van der Waals surface area contributed by atoms with Gasteiger partial charge in [0, 0.05) is 19.1 Å². The Morgan fingerprint density at radius 1 is 0.939 bits per heavy atom. The van der Waals surface area contributed by atoms with Crippen molar-refractivity contribution >= 4 is 12.0 Å². The minimum absolute atomic E-state index is 0.189. The van der Waals surface area contributed by atoms with E-state index >= 15 is 0 Å². The summed E-state index contributed by atoms with van der Waals surface area (Å²) >= 11 is 0. The first-order valence-electron chi connectivity index (χ1n) is 10.2. The first-order valence-corrected chi connectivity index (χ1v) is 10.2. The minimum atomic E-state index is -2.31. The molecular weight excluding hydrogens is 451 g/mol. The van der Waals surface area contributed by atoms with Crippen molar-refractivity contribution in [2.24, 2.45) is 0 Å². The van der Waals surface area contributed by atoms with E-state index in [4.69, 9.17) is 4.74 Å². The van der Waals surface area contributed by atoms with Gasteiger partial charge in [-0.25, -0.2) is 18.0 Å². The monoisotopic (exact) mass is 470 g/mol. The molecule has 0 N–H and O–H groups in total. The van der Waals surface area contributed by atoms with E-state index in [1.165, 1.54) is 4.90 Å². The van der Waals surface area contributed by atoms with Gasteiger partial charge in [-0.3, -0.25) is 9.69 Å². The summed E-state index contributed by atoms with van der Waals surface area (Å²) in [5, 5.41) is 0. The van der Waals surface area contributed by atoms with Gasteiger partial charge in [0.2, 0.25) is 29.1 Å². The Bertz CT molecular complexity index is 1030. The van der Waals surface area contributed by atoms with Crippen LogP contribution in [0, 0.1) is 29.1 Å². The van der Waals surface area contributed by atoms with E-state index in [0.717, 1.165) is 5.56 Å². The van der Waals surface area contributed by atoms with Crippen molar-refractivity contribution in [1.82, 2.24) is 9.80 Å². The average molecular weight is 470 g/mol. The fourth-order valence-electron chi connectivity index (χ4n) is 4.10. The number of amides is 2. The van der Waals surface area contributed by atoms with Crippen LogP contribution in [0.15, 0.2) is 30.3 Å². The third-order valence-electron chi connectivity index (χ3n) is 5.82. The van der Waals surface area contributed by atoms with Crippen LogP contribution in [0.5, 0.6) is 5.75 Å². The zero-order chi connectivity index (χ0) is 23.7. The molecule has 2 aromatic rings. The molecule has 2 amide bonds. The van der Waals surface area contributed by atoms with Crippen LogP contribution < -0.4 is 4.74 Å². The highest BCUT2D eigenvalue weighted by Gasteiger charge is 2.40. The van der Waals surface area contributed by atoms with Gasteiger partial charge in [0.1, 0.15) is 6.61 Å². The van der Waals surface area contributed by atoms with Gasteiger partial charge < -0.3 is 14.4 Å². The van der Waals surface area contributed by atoms with Gasteiger partial charge in [-0.15, -0.1) is 0 Å². The van der Waals surface area contributed by atoms with Crippen molar-refractivity contribution in [3.05, 3.63) is 65.0 Å². The molecule has 0 saturated carbocycles. The van der Waals surface area contributed by atoms with Crippen LogP contribution in [-0.2, 0) is 9.53 Å². The highest BCUT2D eigenvalue weighted by molar-refractivity contribution is 5.78. The quantitative estimate of drug-likeness (QED) is 0.377. The van der Waals surface area contributed by atoms with Crippen LogP contribution in [0.1, 0.15) is 24.4 Å². The summed E-state index contributed by atoms with van der Waals surface area (Å²) in [6, 6.07) is 8.95. The summed E-state index contributed by atoms with van der Waals surface area (Å²) in [5.74, 6) is -13.1. The lowest BCUT2D eigenvalue weighted by Gasteiger charge is -2.37. The van der Waals surface area contributed by atoms with Crippen LogP contribution in [0.3, 0.4) is 0 Å². The van der Waals surface area contributed by atoms with Gasteiger partial charge in [-0.2, -0.15) is 8.78 Å². The molecule has 2 aromatic carbocycles. The van der Waals surface area contributed by atoms with Crippen LogP contribution in [0.2, 0.25) is 0 Å². The summed E-state index contributed by atoms with van der Waals surface area (Å²) in [5.41, 5.74) is 0.929. The predicted molar refractivity (Wildman–Crippen MR) is 104 cm³/mol. The Kier molecular flexibility index (Phi) is 6.39. The van der Waals surface area contributed by atoms with Crippen molar-refractivity contribution in [3.63, 3.8) is 0 Å². The lowest BCUT2D eigenvalue weighted by Crippen LogP contribution is -2.48. The van der Waals surface area contributed by atoms with E-state index in [1.54, 1.807) is 4.90 Å². The number of carbonyl (C=O) groups is 2. The molecule has 2 aliphatic heterocycles. The zero-order valence-corrected chi connectivity index (χ0v) is 17.2. The van der Waals surface area contributed by atoms with Crippen LogP contribution in [-0.4, -0.2) is 54.1 Å². The molecule has 0 aromatic heterocycles. The normalized spacial score (nSPS) is 19.1. The van der Waals surface area contributed by atoms with Gasteiger partial charge in [0.05, 0.1) is 6.04 Å². The maximum Gasteiger partial charge on any atom is 0.410 e. The Balaban J connectivity index is 1.37. The number of halogens is 5. The fourth-order valence-corrected chi connectivity index (χ4v) is 4.10. The van der Waals surface area contributed by atoms with E-state index in [-0.39, 0.29) is 31.8 Å². The van der Waals surface area contributed by atoms with E-state index in [1.807, 2.05) is 30.3 Å². The highest BCUT2D eigenvalue weighted by Crippen LogP contribution is 2.33. The maximum atomic E-state index is 13.7. The lowest BCUT2D eigenvalue weighted by molar-refractivity contribution is -0.134. The maximum absolute atomic E-state index is 13.7. The van der Waals surface area contributed by atoms with E-state index in [0.29, 0.717) is 12.8 Å². The summed E-state index contributed by atoms with van der Waals surface area (Å²) in [6.07, 6.45) is 0.405. The number of hydrogen-bond acceptors (Lipinski definition) is 4. The number of cyclic esters (lactones) is 1. The van der Waals surface area contributed by atoms with Gasteiger partial charge in [-0.1, -0.05) is 30.3 Å². The summed E-state index contributed by atoms with van der Waals surface area (Å²) in [7, 11) is 0. The van der Waals surface area contributed by atoms with Crippen LogP contribution in [0.25, 0.3) is 0 Å². The van der Waals surface area contributed by atoms with E-state index in [9.17, 15) is 31.5 Å². The number of benzene rings is 2. The molecule has 6 nitrogen and oxygen atoms in total. The molecule has 1 atom stereocenters. The Morgan fingerprint density at radius 2 is 1.52 bits per heavy atom. The predicted octanol–water partition coefficient (Wildman–Crippen LogP) is 3.95. The molecule has 0 aliphatic carbocycles. The number of piperidine rings is 1. The topological polar surface area (TPSA) is 59.1 Å². The Labute approximate surface area is 185 Å². The van der Waals surface area contributed by atoms with Crippen molar-refractivity contribution in [3.8, 4) is 5.75 Å². The molecule has 4 rings (SSSR count). The second-order valence-electron chi connectivity index (χ2n) is 7.71. The molecule has 0 radical (unpaired) electrons. The standard InChI is InChI=1S/C22H19F5N2O4/c23-16-17(24)19(26)21(20(27)18(16)25)32-11-15(30)28-8-6-13(7-9-28)29-14(10-33-22(29)31)12-4-2-1-3-5-12/h1-5,13-14H,6-11H2. The number of ether oxygens (including phenoxy) is 2. The number of carbonyl (C=O) groups excluding carboxylic acids is 2. The number of nitrogens with zero attached hydrogens (tertiary/aromatic N) is 2. The molecule has 0 bridgehead atoms. The molecule has 2 fully saturated rings. The smallest absolute Gasteiger partial charge is 0.410 e. The van der Waals surface area contributed by atoms with Crippen LogP contribution in [0.4, 0.5) is 26.7 Å². The number of likely N-dealkylation sites (tertiary alicyclic amines) is 1. The third-order valence-corrected chi connectivity index (χ3v) is 5.82. The molecule has 176 valence electrons. The van der Waals surface area contributed by atoms with Crippen molar-refractivity contribution in [2.45, 2.75) is 24.9 Å². The van der Waals surface area contributed by atoms with Gasteiger partial charge in [-0.05, 0) is 18.4 Å². The van der Waals surface area contributed by atoms with Crippen molar-refractivity contribution in [1.29, 1.82) is 0 Å². The summed E-state index contributed by atoms with van der Waals surface area (Å²) in [4.78, 5) is 27.7. The van der Waals surface area contributed by atoms with E-state index in [2.05, 4.69) is 4.74 Å². The summed E-state index contributed by atoms with van der Waals surface area (Å²) < 4.78 is 77.0. The van der Waals surface area contributed by atoms with E-state index < -0.39 is 53.4 Å². The Hall–Kier alpha value is -3.37. The molecular formula is C22H19F5N2O4. The molecule has 1 unspecified atom stereocenters. The van der Waals surface area contributed by atoms with Crippen LogP contribution >= 0.6 is 0 Å². The molecule has 2 aliphatic rings. The SMILES string of the molecule is O=C(COc1c(F)c(F)c(F)c(F)c1F)N1CCC(N2C(=O)OCC2c2ccccc2)CC1. The van der Waals surface area contributed by atoms with Gasteiger partial charge >= 0.3 is 6.09 Å². The molecule has 2 heterocycles. The van der Waals surface area contributed by atoms with Crippen molar-refractivity contribution in [2.75, 3.05) is 26.3 Å². The highest BCUT2D eigenvalue weighted by atomic mass is 19.2. The molecule has 33 heavy (non-hydrogen) atoms. The molecule has 0 spiro atoms. The zero-order valence-electron chi connectivity index (χ0n) is 17.2. The van der Waals surface area contributed by atoms with Gasteiger partial charge in [0.25, 0.3) is 5.91 Å². The number of hydrogen-bond donors (Lipinski definition) is 0. The lowest BCUT2D eigenvalue weighted by atomic mass is 9.99. The van der Waals surface area contributed by atoms with Gasteiger partial charge in [0.15, 0.2) is 12.4 Å². The Morgan fingerprint density at radius 3 is 2.12 bits per heavy atom. The number of rotatable bonds is 5. The first kappa shape index (κ1) is 22.8. The first-order chi connectivity index (χ1) is 15.8. The largest absolute Gasteiger partial charge is 0.477 e. The third kappa shape index (κ3) is 4.31.